The molecule has 3 aromatic rings. The Labute approximate surface area is 177 Å². The lowest BCUT2D eigenvalue weighted by Crippen LogP contribution is -2.51. The van der Waals surface area contributed by atoms with Crippen molar-refractivity contribution in [3.63, 3.8) is 0 Å². The fraction of sp³-hybridized carbons (Fsp3) is 0.250. The van der Waals surface area contributed by atoms with Gasteiger partial charge in [0.25, 0.3) is 5.91 Å². The standard InChI is InChI=1S/C20H21N7O4/c28-16(12-24-20(30)31)27-8-6-26(7-9-27)15-3-5-22-18-17(15)14(11-23-18)25-19(29)13-2-1-4-21-10-13/h1-5,10-11,24H,6-9,12H2,(H,22,23)(H,25,29)(H,30,31). The van der Waals surface area contributed by atoms with E-state index in [1.54, 1.807) is 35.6 Å². The highest BCUT2D eigenvalue weighted by Crippen LogP contribution is 2.32. The molecule has 0 bridgehead atoms. The Balaban J connectivity index is 1.50. The molecule has 0 spiro atoms. The van der Waals surface area contributed by atoms with E-state index in [0.29, 0.717) is 43.1 Å². The summed E-state index contributed by atoms with van der Waals surface area (Å²) in [5.41, 5.74) is 2.59. The van der Waals surface area contributed by atoms with Crippen LogP contribution in [0.3, 0.4) is 0 Å². The topological polar surface area (TPSA) is 144 Å². The van der Waals surface area contributed by atoms with Crippen molar-refractivity contribution in [2.24, 2.45) is 0 Å². The van der Waals surface area contributed by atoms with Gasteiger partial charge in [-0.1, -0.05) is 0 Å². The molecule has 4 heterocycles. The summed E-state index contributed by atoms with van der Waals surface area (Å²) in [6, 6.07) is 5.26. The lowest BCUT2D eigenvalue weighted by molar-refractivity contribution is -0.130. The van der Waals surface area contributed by atoms with E-state index in [1.165, 1.54) is 6.20 Å². The molecule has 11 nitrogen and oxygen atoms in total. The number of fused-ring (bicyclic) bond motifs is 1. The number of carboxylic acid groups (broad SMARTS) is 1. The van der Waals surface area contributed by atoms with Crippen molar-refractivity contribution in [3.05, 3.63) is 48.5 Å². The molecule has 0 radical (unpaired) electrons. The Morgan fingerprint density at radius 2 is 1.94 bits per heavy atom. The monoisotopic (exact) mass is 423 g/mol. The Bertz CT molecular complexity index is 1110. The van der Waals surface area contributed by atoms with Crippen molar-refractivity contribution in [1.82, 2.24) is 25.2 Å². The molecule has 160 valence electrons. The third-order valence-electron chi connectivity index (χ3n) is 5.09. The zero-order valence-electron chi connectivity index (χ0n) is 16.5. The van der Waals surface area contributed by atoms with Gasteiger partial charge in [-0.25, -0.2) is 9.78 Å². The lowest BCUT2D eigenvalue weighted by atomic mass is 10.2. The second-order valence-corrected chi connectivity index (χ2v) is 6.98. The molecular formula is C20H21N7O4. The number of carbonyl (C=O) groups excluding carboxylic acids is 2. The van der Waals surface area contributed by atoms with Crippen LogP contribution in [0.15, 0.2) is 43.0 Å². The first-order chi connectivity index (χ1) is 15.0. The maximum atomic E-state index is 12.6. The number of hydrogen-bond acceptors (Lipinski definition) is 6. The average Bonchev–Trinajstić information content (AvgIpc) is 3.21. The summed E-state index contributed by atoms with van der Waals surface area (Å²) < 4.78 is 0. The van der Waals surface area contributed by atoms with Crippen LogP contribution in [0.1, 0.15) is 10.4 Å². The number of hydrogen-bond donors (Lipinski definition) is 4. The summed E-state index contributed by atoms with van der Waals surface area (Å²) in [7, 11) is 0. The fourth-order valence-electron chi connectivity index (χ4n) is 3.55. The van der Waals surface area contributed by atoms with Crippen molar-refractivity contribution in [2.75, 3.05) is 42.9 Å². The number of piperazine rings is 1. The summed E-state index contributed by atoms with van der Waals surface area (Å²) in [6.45, 7) is 1.83. The van der Waals surface area contributed by atoms with E-state index >= 15 is 0 Å². The van der Waals surface area contributed by atoms with Crippen molar-refractivity contribution in [3.8, 4) is 0 Å². The maximum absolute atomic E-state index is 12.6. The molecule has 0 saturated carbocycles. The van der Waals surface area contributed by atoms with Gasteiger partial charge in [0.15, 0.2) is 0 Å². The quantitative estimate of drug-likeness (QED) is 0.481. The zero-order chi connectivity index (χ0) is 21.8. The Morgan fingerprint density at radius 1 is 1.13 bits per heavy atom. The smallest absolute Gasteiger partial charge is 0.405 e. The third-order valence-corrected chi connectivity index (χ3v) is 5.09. The largest absolute Gasteiger partial charge is 0.465 e. The van der Waals surface area contributed by atoms with Gasteiger partial charge in [-0.05, 0) is 18.2 Å². The van der Waals surface area contributed by atoms with Crippen LogP contribution in [0.2, 0.25) is 0 Å². The maximum Gasteiger partial charge on any atom is 0.405 e. The van der Waals surface area contributed by atoms with Gasteiger partial charge in [0.05, 0.1) is 22.3 Å². The normalized spacial score (nSPS) is 13.8. The zero-order valence-corrected chi connectivity index (χ0v) is 16.5. The van der Waals surface area contributed by atoms with E-state index in [2.05, 4.69) is 30.5 Å². The molecule has 0 aliphatic carbocycles. The molecule has 1 aliphatic heterocycles. The minimum atomic E-state index is -1.22. The van der Waals surface area contributed by atoms with Gasteiger partial charge in [0, 0.05) is 51.0 Å². The molecule has 1 saturated heterocycles. The summed E-state index contributed by atoms with van der Waals surface area (Å²) in [6.07, 6.45) is 5.27. The highest BCUT2D eigenvalue weighted by Gasteiger charge is 2.24. The Hall–Kier alpha value is -4.15. The number of nitrogens with zero attached hydrogens (tertiary/aromatic N) is 4. The second kappa shape index (κ2) is 8.69. The van der Waals surface area contributed by atoms with E-state index in [0.717, 1.165) is 11.1 Å². The van der Waals surface area contributed by atoms with Gasteiger partial charge < -0.3 is 30.5 Å². The van der Waals surface area contributed by atoms with Crippen molar-refractivity contribution in [2.45, 2.75) is 0 Å². The predicted molar refractivity (Wildman–Crippen MR) is 113 cm³/mol. The molecular weight excluding hydrogens is 402 g/mol. The van der Waals surface area contributed by atoms with Crippen LogP contribution in [0.25, 0.3) is 11.0 Å². The van der Waals surface area contributed by atoms with E-state index < -0.39 is 6.09 Å². The fourth-order valence-corrected chi connectivity index (χ4v) is 3.55. The van der Waals surface area contributed by atoms with Crippen LogP contribution >= 0.6 is 0 Å². The molecule has 3 aromatic heterocycles. The van der Waals surface area contributed by atoms with Crippen molar-refractivity contribution >= 4 is 40.3 Å². The van der Waals surface area contributed by atoms with Gasteiger partial charge in [0.1, 0.15) is 12.2 Å². The summed E-state index contributed by atoms with van der Waals surface area (Å²) >= 11 is 0. The van der Waals surface area contributed by atoms with E-state index in [4.69, 9.17) is 5.11 Å². The molecule has 11 heteroatoms. The van der Waals surface area contributed by atoms with Gasteiger partial charge in [0.2, 0.25) is 5.91 Å². The van der Waals surface area contributed by atoms with Crippen LogP contribution in [0, 0.1) is 0 Å². The average molecular weight is 423 g/mol. The molecule has 31 heavy (non-hydrogen) atoms. The molecule has 1 fully saturated rings. The van der Waals surface area contributed by atoms with Crippen molar-refractivity contribution in [1.29, 1.82) is 0 Å². The third kappa shape index (κ3) is 4.39. The minimum Gasteiger partial charge on any atom is -0.465 e. The highest BCUT2D eigenvalue weighted by atomic mass is 16.4. The lowest BCUT2D eigenvalue weighted by Gasteiger charge is -2.36. The number of H-pyrrole nitrogens is 1. The van der Waals surface area contributed by atoms with E-state index in [9.17, 15) is 14.4 Å². The van der Waals surface area contributed by atoms with Crippen LogP contribution in [-0.4, -0.2) is 75.6 Å². The Morgan fingerprint density at radius 3 is 2.65 bits per heavy atom. The van der Waals surface area contributed by atoms with E-state index in [-0.39, 0.29) is 18.4 Å². The SMILES string of the molecule is O=C(O)NCC(=O)N1CCN(c2ccnc3[nH]cc(NC(=O)c4cccnc4)c23)CC1. The van der Waals surface area contributed by atoms with Crippen molar-refractivity contribution < 1.29 is 19.5 Å². The van der Waals surface area contributed by atoms with Crippen LogP contribution in [0.5, 0.6) is 0 Å². The first kappa shape index (κ1) is 20.1. The first-order valence-electron chi connectivity index (χ1n) is 9.70. The number of pyridine rings is 2. The van der Waals surface area contributed by atoms with Gasteiger partial charge >= 0.3 is 6.09 Å². The first-order valence-corrected chi connectivity index (χ1v) is 9.70. The van der Waals surface area contributed by atoms with Gasteiger partial charge in [-0.2, -0.15) is 0 Å². The molecule has 0 atom stereocenters. The number of nitrogens with one attached hydrogen (secondary N) is 3. The molecule has 1 aliphatic rings. The van der Waals surface area contributed by atoms with Gasteiger partial charge in [-0.3, -0.25) is 14.6 Å². The van der Waals surface area contributed by atoms with Crippen LogP contribution in [-0.2, 0) is 4.79 Å². The number of carbonyl (C=O) groups is 3. The predicted octanol–water partition coefficient (Wildman–Crippen LogP) is 1.13. The molecule has 3 amide bonds. The summed E-state index contributed by atoms with van der Waals surface area (Å²) in [5, 5.41) is 14.5. The molecule has 0 aromatic carbocycles. The minimum absolute atomic E-state index is 0.239. The van der Waals surface area contributed by atoms with Gasteiger partial charge in [-0.15, -0.1) is 0 Å². The molecule has 4 rings (SSSR count). The number of amides is 3. The van der Waals surface area contributed by atoms with Crippen LogP contribution in [0.4, 0.5) is 16.2 Å². The van der Waals surface area contributed by atoms with Crippen LogP contribution < -0.4 is 15.5 Å². The van der Waals surface area contributed by atoms with E-state index in [1.807, 2.05) is 6.07 Å². The molecule has 4 N–H and O–H groups in total. The second-order valence-electron chi connectivity index (χ2n) is 6.98. The summed E-state index contributed by atoms with van der Waals surface area (Å²) in [5.74, 6) is -0.529. The molecule has 0 unspecified atom stereocenters. The highest BCUT2D eigenvalue weighted by molar-refractivity contribution is 6.11. The number of aromatic nitrogens is 3. The number of anilines is 2. The Kier molecular flexibility index (Phi) is 5.65. The number of aromatic amines is 1. The number of rotatable bonds is 5. The summed E-state index contributed by atoms with van der Waals surface area (Å²) in [4.78, 5) is 50.5.